The highest BCUT2D eigenvalue weighted by Crippen LogP contribution is 2.47. The predicted molar refractivity (Wildman–Crippen MR) is 77.0 cm³/mol. The molecular weight excluding hydrogens is 240 g/mol. The molecule has 0 radical (unpaired) electrons. The van der Waals surface area contributed by atoms with E-state index in [1.807, 2.05) is 0 Å². The molecule has 4 heteroatoms. The molecule has 1 aliphatic carbocycles. The summed E-state index contributed by atoms with van der Waals surface area (Å²) in [6.45, 7) is 6.79. The first-order valence-corrected chi connectivity index (χ1v) is 6.82. The summed E-state index contributed by atoms with van der Waals surface area (Å²) in [7, 11) is 0. The molecule has 19 heavy (non-hydrogen) atoms. The topological polar surface area (TPSA) is 69.2 Å². The van der Waals surface area contributed by atoms with Crippen LogP contribution in [0.15, 0.2) is 18.2 Å². The summed E-state index contributed by atoms with van der Waals surface area (Å²) in [5, 5.41) is 10.9. The molecule has 2 rings (SSSR count). The van der Waals surface area contributed by atoms with Gasteiger partial charge in [0.15, 0.2) is 0 Å². The Bertz CT molecular complexity index is 497. The highest BCUT2D eigenvalue weighted by Gasteiger charge is 2.33. The van der Waals surface area contributed by atoms with Crippen LogP contribution in [0.2, 0.25) is 0 Å². The van der Waals surface area contributed by atoms with Gasteiger partial charge in [0.05, 0.1) is 4.92 Å². The number of nitrogens with two attached hydrogens (primary N) is 1. The van der Waals surface area contributed by atoms with E-state index in [4.69, 9.17) is 5.73 Å². The van der Waals surface area contributed by atoms with Crippen LogP contribution in [0.25, 0.3) is 0 Å². The fourth-order valence-corrected chi connectivity index (χ4v) is 3.61. The second-order valence-corrected chi connectivity index (χ2v) is 6.68. The standard InChI is InChI=1S/C15H22N2O2/c1-10-6-11(9-15(2,3)8-10)13-7-12(17(18)19)4-5-14(13)16/h4-5,7,10-11H,6,8-9,16H2,1-3H3/t10-,11+/m1/s1. The van der Waals surface area contributed by atoms with Crippen molar-refractivity contribution in [2.24, 2.45) is 11.3 Å². The third-order valence-electron chi connectivity index (χ3n) is 4.11. The van der Waals surface area contributed by atoms with Gasteiger partial charge in [0, 0.05) is 17.8 Å². The molecule has 0 amide bonds. The lowest BCUT2D eigenvalue weighted by Crippen LogP contribution is -2.26. The number of nitro groups is 1. The third kappa shape index (κ3) is 3.06. The van der Waals surface area contributed by atoms with Crippen molar-refractivity contribution < 1.29 is 4.92 Å². The Balaban J connectivity index is 2.35. The Kier molecular flexibility index (Phi) is 3.52. The van der Waals surface area contributed by atoms with Gasteiger partial charge in [0.1, 0.15) is 0 Å². The third-order valence-corrected chi connectivity index (χ3v) is 4.11. The monoisotopic (exact) mass is 262 g/mol. The first-order valence-electron chi connectivity index (χ1n) is 6.82. The molecule has 2 atom stereocenters. The summed E-state index contributed by atoms with van der Waals surface area (Å²) in [6, 6.07) is 4.81. The van der Waals surface area contributed by atoms with E-state index in [1.54, 1.807) is 12.1 Å². The summed E-state index contributed by atoms with van der Waals surface area (Å²) in [6.07, 6.45) is 3.32. The predicted octanol–water partition coefficient (Wildman–Crippen LogP) is 4.11. The van der Waals surface area contributed by atoms with Crippen LogP contribution in [0.1, 0.15) is 51.5 Å². The molecule has 1 saturated carbocycles. The average Bonchev–Trinajstić information content (AvgIpc) is 2.26. The maximum atomic E-state index is 10.9. The summed E-state index contributed by atoms with van der Waals surface area (Å²) in [5.41, 5.74) is 8.08. The molecule has 1 aliphatic rings. The van der Waals surface area contributed by atoms with Crippen molar-refractivity contribution in [1.29, 1.82) is 0 Å². The average molecular weight is 262 g/mol. The lowest BCUT2D eigenvalue weighted by Gasteiger charge is -2.39. The van der Waals surface area contributed by atoms with Gasteiger partial charge < -0.3 is 5.73 Å². The number of benzene rings is 1. The molecule has 1 aromatic rings. The molecule has 0 aromatic heterocycles. The number of nitrogens with zero attached hydrogens (tertiary/aromatic N) is 1. The smallest absolute Gasteiger partial charge is 0.269 e. The Labute approximate surface area is 114 Å². The fraction of sp³-hybridized carbons (Fsp3) is 0.600. The molecule has 0 bridgehead atoms. The van der Waals surface area contributed by atoms with Crippen molar-refractivity contribution in [3.8, 4) is 0 Å². The van der Waals surface area contributed by atoms with Crippen LogP contribution in [0.4, 0.5) is 11.4 Å². The van der Waals surface area contributed by atoms with Gasteiger partial charge in [0.2, 0.25) is 0 Å². The molecule has 104 valence electrons. The van der Waals surface area contributed by atoms with Gasteiger partial charge in [-0.1, -0.05) is 20.8 Å². The van der Waals surface area contributed by atoms with E-state index < -0.39 is 0 Å². The molecule has 1 fully saturated rings. The first-order chi connectivity index (χ1) is 8.78. The van der Waals surface area contributed by atoms with Gasteiger partial charge in [-0.15, -0.1) is 0 Å². The minimum Gasteiger partial charge on any atom is -0.398 e. The van der Waals surface area contributed by atoms with E-state index in [2.05, 4.69) is 20.8 Å². The molecule has 4 nitrogen and oxygen atoms in total. The number of nitrogen functional groups attached to an aromatic ring is 1. The van der Waals surface area contributed by atoms with E-state index >= 15 is 0 Å². The number of hydrogen-bond donors (Lipinski definition) is 1. The lowest BCUT2D eigenvalue weighted by molar-refractivity contribution is -0.384. The van der Waals surface area contributed by atoms with Crippen molar-refractivity contribution in [3.63, 3.8) is 0 Å². The number of anilines is 1. The maximum absolute atomic E-state index is 10.9. The van der Waals surface area contributed by atoms with Crippen molar-refractivity contribution in [3.05, 3.63) is 33.9 Å². The summed E-state index contributed by atoms with van der Waals surface area (Å²) >= 11 is 0. The molecule has 1 aromatic carbocycles. The van der Waals surface area contributed by atoms with Gasteiger partial charge >= 0.3 is 0 Å². The van der Waals surface area contributed by atoms with Crippen LogP contribution in [0.5, 0.6) is 0 Å². The molecule has 0 heterocycles. The van der Waals surface area contributed by atoms with Crippen molar-refractivity contribution in [2.45, 2.75) is 46.0 Å². The van der Waals surface area contributed by atoms with E-state index in [0.717, 1.165) is 18.4 Å². The van der Waals surface area contributed by atoms with Gasteiger partial charge in [-0.2, -0.15) is 0 Å². The molecule has 0 unspecified atom stereocenters. The van der Waals surface area contributed by atoms with E-state index in [0.29, 0.717) is 17.5 Å². The first kappa shape index (κ1) is 13.8. The normalized spacial score (nSPS) is 26.1. The zero-order valence-corrected chi connectivity index (χ0v) is 11.8. The Morgan fingerprint density at radius 2 is 2.05 bits per heavy atom. The molecule has 0 spiro atoms. The highest BCUT2D eigenvalue weighted by molar-refractivity contribution is 5.54. The maximum Gasteiger partial charge on any atom is 0.269 e. The zero-order valence-electron chi connectivity index (χ0n) is 11.8. The van der Waals surface area contributed by atoms with Gasteiger partial charge in [-0.3, -0.25) is 10.1 Å². The quantitative estimate of drug-likeness (QED) is 0.495. The second kappa shape index (κ2) is 4.83. The fourth-order valence-electron chi connectivity index (χ4n) is 3.61. The SMILES string of the molecule is C[C@@H]1C[C@H](c2cc([N+](=O)[O-])ccc2N)CC(C)(C)C1. The van der Waals surface area contributed by atoms with Crippen LogP contribution in [-0.4, -0.2) is 4.92 Å². The molecular formula is C15H22N2O2. The molecule has 0 saturated heterocycles. The minimum atomic E-state index is -0.347. The van der Waals surface area contributed by atoms with Gasteiger partial charge in [0.25, 0.3) is 5.69 Å². The number of non-ortho nitro benzene ring substituents is 1. The van der Waals surface area contributed by atoms with E-state index in [9.17, 15) is 10.1 Å². The van der Waals surface area contributed by atoms with Gasteiger partial charge in [-0.05, 0) is 48.1 Å². The molecule has 0 aliphatic heterocycles. The van der Waals surface area contributed by atoms with Crippen LogP contribution < -0.4 is 5.73 Å². The second-order valence-electron chi connectivity index (χ2n) is 6.68. The Hall–Kier alpha value is -1.58. The van der Waals surface area contributed by atoms with Crippen molar-refractivity contribution in [2.75, 3.05) is 5.73 Å². The number of nitro benzene ring substituents is 1. The van der Waals surface area contributed by atoms with E-state index in [1.165, 1.54) is 12.5 Å². The highest BCUT2D eigenvalue weighted by atomic mass is 16.6. The summed E-state index contributed by atoms with van der Waals surface area (Å²) in [5.74, 6) is 0.964. The summed E-state index contributed by atoms with van der Waals surface area (Å²) < 4.78 is 0. The van der Waals surface area contributed by atoms with Crippen LogP contribution in [0, 0.1) is 21.4 Å². The van der Waals surface area contributed by atoms with Crippen molar-refractivity contribution in [1.82, 2.24) is 0 Å². The van der Waals surface area contributed by atoms with Crippen molar-refractivity contribution >= 4 is 11.4 Å². The zero-order chi connectivity index (χ0) is 14.2. The number of rotatable bonds is 2. The largest absolute Gasteiger partial charge is 0.398 e. The van der Waals surface area contributed by atoms with Gasteiger partial charge in [-0.25, -0.2) is 0 Å². The summed E-state index contributed by atoms with van der Waals surface area (Å²) in [4.78, 5) is 10.6. The minimum absolute atomic E-state index is 0.139. The lowest BCUT2D eigenvalue weighted by atomic mass is 9.66. The van der Waals surface area contributed by atoms with E-state index in [-0.39, 0.29) is 16.0 Å². The molecule has 2 N–H and O–H groups in total. The van der Waals surface area contributed by atoms with Crippen LogP contribution in [-0.2, 0) is 0 Å². The van der Waals surface area contributed by atoms with Crippen LogP contribution in [0.3, 0.4) is 0 Å². The Morgan fingerprint density at radius 1 is 1.37 bits per heavy atom. The van der Waals surface area contributed by atoms with Crippen LogP contribution >= 0.6 is 0 Å². The Morgan fingerprint density at radius 3 is 2.63 bits per heavy atom. The number of hydrogen-bond acceptors (Lipinski definition) is 3.